The smallest absolute Gasteiger partial charge is 0.784 e. The second-order valence-corrected chi connectivity index (χ2v) is 2.60. The second kappa shape index (κ2) is 56.4. The van der Waals surface area contributed by atoms with E-state index < -0.39 is 42.3 Å². The Morgan fingerprint density at radius 3 is 0.545 bits per heavy atom. The van der Waals surface area contributed by atoms with E-state index in [-0.39, 0.29) is 177 Å². The zero-order valence-corrected chi connectivity index (χ0v) is 28.0. The van der Waals surface area contributed by atoms with Crippen LogP contribution in [0.3, 0.4) is 0 Å². The van der Waals surface area contributed by atoms with Crippen molar-refractivity contribution in [1.29, 1.82) is 0 Å². The first-order valence-electron chi connectivity index (χ1n) is 2.08. The van der Waals surface area contributed by atoms with Crippen LogP contribution in [-0.4, -0.2) is 49.7 Å². The molecule has 22 heavy (non-hydrogen) atoms. The summed E-state index contributed by atoms with van der Waals surface area (Å²) in [5, 5.41) is 0. The molecule has 0 amide bonds. The first-order valence-corrected chi connectivity index (χ1v) is 6.25. The number of hydrogen-bond donors (Lipinski definition) is 2. The maximum absolute atomic E-state index is 8.70. The zero-order chi connectivity index (χ0) is 14.3. The summed E-state index contributed by atoms with van der Waals surface area (Å²) in [6, 6.07) is 0. The molecular weight excluding hydrogens is 457 g/mol. The molecule has 0 unspecified atom stereocenters. The van der Waals surface area contributed by atoms with E-state index in [1.54, 1.807) is 0 Å². The Bertz CT molecular complexity index is 175. The van der Waals surface area contributed by atoms with E-state index in [2.05, 4.69) is 0 Å². The predicted octanol–water partition coefficient (Wildman–Crippen LogP) is -21.4. The van der Waals surface area contributed by atoms with Crippen molar-refractivity contribution in [3.8, 4) is 0 Å². The minimum absolute atomic E-state index is 0. The average molecular weight is 459 g/mol. The number of rotatable bonds is 0. The van der Waals surface area contributed by atoms with Crippen molar-refractivity contribution in [2.24, 2.45) is 0 Å². The summed E-state index contributed by atoms with van der Waals surface area (Å²) in [7, 11) is -2.87. The summed E-state index contributed by atoms with van der Waals surface area (Å²) in [6.45, 7) is 0. The van der Waals surface area contributed by atoms with Gasteiger partial charge < -0.3 is 27.3 Å². The van der Waals surface area contributed by atoms with Crippen LogP contribution in [0.1, 0.15) is 0 Å². The van der Waals surface area contributed by atoms with Gasteiger partial charge in [0.2, 0.25) is 0 Å². The Morgan fingerprint density at radius 1 is 0.545 bits per heavy atom. The van der Waals surface area contributed by atoms with E-state index in [9.17, 15) is 0 Å². The van der Waals surface area contributed by atoms with Gasteiger partial charge in [0, 0.05) is 4.57 Å². The zero-order valence-electron chi connectivity index (χ0n) is 12.6. The summed E-state index contributed by atoms with van der Waals surface area (Å²) in [5.74, 6) is 0. The van der Waals surface area contributed by atoms with Gasteiger partial charge in [0.25, 0.3) is 0 Å². The summed E-state index contributed by atoms with van der Waals surface area (Å²) in [5.41, 5.74) is 0. The third-order valence-electron chi connectivity index (χ3n) is 0. The maximum Gasteiger partial charge on any atom is 1.00 e. The van der Waals surface area contributed by atoms with Crippen molar-refractivity contribution in [1.82, 2.24) is 0 Å². The van der Waals surface area contributed by atoms with Gasteiger partial charge in [-0.25, -0.2) is 0 Å². The van der Waals surface area contributed by atoms with Gasteiger partial charge >= 0.3 is 186 Å². The normalized spacial score (nSPS) is 5.95. The molecule has 0 aliphatic carbocycles. The third kappa shape index (κ3) is 430. The van der Waals surface area contributed by atoms with Gasteiger partial charge in [0.1, 0.15) is 0 Å². The fourth-order valence-corrected chi connectivity index (χ4v) is 0. The van der Waals surface area contributed by atoms with Gasteiger partial charge in [0.05, 0.1) is 0 Å². The summed E-state index contributed by atoms with van der Waals surface area (Å²) < 4.78 is 84.7. The Hall–Kier alpha value is 6.23. The molecule has 2 N–H and O–H groups in total. The predicted molar refractivity (Wildman–Crippen MR) is 41.1 cm³/mol. The topological polar surface area (TPSA) is 247 Å². The molecule has 12 nitrogen and oxygen atoms in total. The molecule has 0 aromatic rings. The maximum atomic E-state index is 8.70. The molecule has 0 radical (unpaired) electrons. The Balaban J connectivity index is -0.00000001000. The van der Waals surface area contributed by atoms with E-state index in [0.29, 0.717) is 0 Å². The van der Waals surface area contributed by atoms with Crippen molar-refractivity contribution in [2.75, 3.05) is 0 Å². The van der Waals surface area contributed by atoms with E-state index >= 15 is 0 Å². The van der Waals surface area contributed by atoms with Gasteiger partial charge in [-0.2, -0.15) is 0 Å². The molecule has 0 atom stereocenters. The van der Waals surface area contributed by atoms with Crippen molar-refractivity contribution >= 4 is 42.3 Å². The molecule has 0 saturated carbocycles. The van der Waals surface area contributed by atoms with E-state index in [1.807, 2.05) is 0 Å². The minimum atomic E-state index is -3.11. The van der Waals surface area contributed by atoms with Crippen LogP contribution in [-0.2, 0) is 38.6 Å². The molecular formula is H2Na6O12PS3+. The van der Waals surface area contributed by atoms with Crippen molar-refractivity contribution < 1.29 is 232 Å². The average Bonchev–Trinajstić information content (AvgIpc) is 1.76. The fraction of sp³-hybridized carbons (Fsp3) is 0. The van der Waals surface area contributed by atoms with Crippen LogP contribution >= 0.6 is 8.25 Å². The van der Waals surface area contributed by atoms with Crippen LogP contribution in [0.25, 0.3) is 0 Å². The second-order valence-electron chi connectivity index (χ2n) is 0.865. The molecule has 0 fully saturated rings. The first-order chi connectivity index (χ1) is 6.93. The van der Waals surface area contributed by atoms with E-state index in [1.165, 1.54) is 0 Å². The monoisotopic (exact) mass is 459 g/mol. The van der Waals surface area contributed by atoms with Crippen LogP contribution in [0, 0.1) is 0 Å². The molecule has 0 aliphatic heterocycles. The summed E-state index contributed by atoms with van der Waals surface area (Å²) >= 11 is -9.33. The molecule has 0 spiro atoms. The van der Waals surface area contributed by atoms with Gasteiger partial charge in [-0.15, -0.1) is 43.9 Å². The summed E-state index contributed by atoms with van der Waals surface area (Å²) in [6.07, 6.45) is 0. The van der Waals surface area contributed by atoms with Gasteiger partial charge in [-0.3, -0.25) is 12.6 Å². The van der Waals surface area contributed by atoms with Gasteiger partial charge in [-0.1, -0.05) is 0 Å². The van der Waals surface area contributed by atoms with Crippen LogP contribution in [0.15, 0.2) is 0 Å². The largest absolute Gasteiger partial charge is 1.00 e. The Labute approximate surface area is 267 Å². The van der Waals surface area contributed by atoms with Crippen molar-refractivity contribution in [2.45, 2.75) is 0 Å². The summed E-state index contributed by atoms with van der Waals surface area (Å²) in [4.78, 5) is 14.2. The first kappa shape index (κ1) is 63.0. The van der Waals surface area contributed by atoms with Crippen LogP contribution in [0.2, 0.25) is 0 Å². The third-order valence-corrected chi connectivity index (χ3v) is 0. The molecule has 0 saturated heterocycles. The fourth-order valence-electron chi connectivity index (χ4n) is 0. The minimum Gasteiger partial charge on any atom is -0.784 e. The Kier molecular flexibility index (Phi) is 161. The van der Waals surface area contributed by atoms with Gasteiger partial charge in [0.15, 0.2) is 0 Å². The van der Waals surface area contributed by atoms with Crippen LogP contribution in [0.4, 0.5) is 0 Å². The molecule has 0 aromatic carbocycles. The molecule has 0 rings (SSSR count). The standard InChI is InChI=1S/6Na.HO3P.3H2O3S/c;;;;;;4*1-4(2)3/h;;;;;;(H-,1,2,3);3*(H2,1,2,3)/q6*+1;;;;/p-5. The SMILES string of the molecule is O=S([O-])[O-].O=S([O-])[O-].O=S([O-])[O-].O=[P+](O)O.[Na+].[Na+].[Na+].[Na+].[Na+].[Na+]. The van der Waals surface area contributed by atoms with E-state index in [0.717, 1.165) is 0 Å². The Morgan fingerprint density at radius 2 is 0.545 bits per heavy atom. The van der Waals surface area contributed by atoms with E-state index in [4.69, 9.17) is 54.3 Å². The quantitative estimate of drug-likeness (QED) is 0.195. The molecule has 0 aliphatic rings. The van der Waals surface area contributed by atoms with Gasteiger partial charge in [-0.05, 0) is 0 Å². The number of hydrogen-bond acceptors (Lipinski definition) is 10. The molecule has 102 valence electrons. The van der Waals surface area contributed by atoms with Crippen molar-refractivity contribution in [3.63, 3.8) is 0 Å². The van der Waals surface area contributed by atoms with Crippen LogP contribution in [0.5, 0.6) is 0 Å². The van der Waals surface area contributed by atoms with Crippen molar-refractivity contribution in [3.05, 3.63) is 0 Å². The molecule has 0 bridgehead atoms. The van der Waals surface area contributed by atoms with Crippen LogP contribution < -0.4 is 177 Å². The molecule has 0 heterocycles. The molecule has 22 heteroatoms. The molecule has 0 aromatic heterocycles.